The smallest absolute Gasteiger partial charge is 0.416 e. The van der Waals surface area contributed by atoms with Crippen molar-refractivity contribution in [3.05, 3.63) is 145 Å². The van der Waals surface area contributed by atoms with Gasteiger partial charge >= 0.3 is 47.2 Å². The molecule has 0 aliphatic heterocycles. The number of halogens is 6. The Morgan fingerprint density at radius 3 is 1.12 bits per heavy atom. The molecule has 0 aromatic heterocycles. The Morgan fingerprint density at radius 2 is 0.837 bits per heavy atom. The molecule has 0 heterocycles. The first-order valence-corrected chi connectivity index (χ1v) is 14.2. The van der Waals surface area contributed by atoms with Gasteiger partial charge in [0.15, 0.2) is 0 Å². The average Bonchev–Trinajstić information content (AvgIpc) is 3.64. The third-order valence-corrected chi connectivity index (χ3v) is 5.48. The van der Waals surface area contributed by atoms with Crippen LogP contribution >= 0.6 is 0 Å². The van der Waals surface area contributed by atoms with Gasteiger partial charge < -0.3 is 10.2 Å². The number of benzene rings is 4. The molecule has 0 unspecified atom stereocenters. The van der Waals surface area contributed by atoms with Crippen LogP contribution in [0.25, 0.3) is 21.5 Å². The summed E-state index contributed by atoms with van der Waals surface area (Å²) in [5, 5.41) is 22.6. The Balaban J connectivity index is 0.000000194. The van der Waals surface area contributed by atoms with Crippen LogP contribution in [0.2, 0.25) is 0 Å². The van der Waals surface area contributed by atoms with Gasteiger partial charge in [0.2, 0.25) is 0 Å². The summed E-state index contributed by atoms with van der Waals surface area (Å²) in [6, 6.07) is 36.7. The van der Waals surface area contributed by atoms with Crippen LogP contribution in [0, 0.1) is 0 Å². The number of hydrogen-bond acceptors (Lipinski definition) is 2. The Labute approximate surface area is 260 Å². The van der Waals surface area contributed by atoms with Crippen LogP contribution in [0.1, 0.15) is 18.1 Å². The fraction of sp³-hybridized carbons (Fsp3) is 0.0882. The Kier molecular flexibility index (Phi) is 14.1. The molecule has 43 heavy (non-hydrogen) atoms. The van der Waals surface area contributed by atoms with Crippen molar-refractivity contribution >= 4 is 25.3 Å². The second-order valence-corrected chi connectivity index (χ2v) is 10.1. The van der Waals surface area contributed by atoms with Crippen molar-refractivity contribution in [2.24, 2.45) is 0 Å². The van der Waals surface area contributed by atoms with Crippen LogP contribution in [0.4, 0.5) is 26.3 Å². The molecule has 0 saturated carbocycles. The molecular weight excluding hydrogens is 646 g/mol. The molecule has 0 fully saturated rings. The minimum atomic E-state index is -4.33. The van der Waals surface area contributed by atoms with Crippen molar-refractivity contribution in [1.29, 1.82) is 0 Å². The molecular formula is C34H28F6O2Zr. The van der Waals surface area contributed by atoms with E-state index in [1.165, 1.54) is 45.8 Å². The fourth-order valence-electron chi connectivity index (χ4n) is 3.44. The van der Waals surface area contributed by atoms with Gasteiger partial charge in [-0.05, 0) is 48.5 Å². The fourth-order valence-corrected chi connectivity index (χ4v) is 3.44. The Hall–Kier alpha value is -3.97. The van der Waals surface area contributed by atoms with Gasteiger partial charge in [-0.15, -0.1) is 59.3 Å². The zero-order chi connectivity index (χ0) is 31.9. The Bertz CT molecular complexity index is 1450. The van der Waals surface area contributed by atoms with Crippen molar-refractivity contribution in [3.8, 4) is 11.5 Å². The maximum atomic E-state index is 11.8. The van der Waals surface area contributed by atoms with Gasteiger partial charge in [-0.1, -0.05) is 12.1 Å². The van der Waals surface area contributed by atoms with Gasteiger partial charge in [-0.25, -0.2) is 0 Å². The molecule has 9 heteroatoms. The summed E-state index contributed by atoms with van der Waals surface area (Å²) in [7, 11) is 0. The molecule has 0 radical (unpaired) electrons. The SMILES string of the molecule is C[CH]=[Zr+2].Oc1ccc(C(F)(F)F)cc1.Oc1ccc(C(F)(F)F)cc1.c1ccc2[cH-]ccc2c1.c1ccc2[cH-]ccc2c1. The van der Waals surface area contributed by atoms with E-state index in [-0.39, 0.29) is 11.5 Å². The van der Waals surface area contributed by atoms with Crippen LogP contribution in [0.3, 0.4) is 0 Å². The maximum absolute atomic E-state index is 11.8. The summed E-state index contributed by atoms with van der Waals surface area (Å²) in [4.78, 5) is 0. The van der Waals surface area contributed by atoms with Crippen molar-refractivity contribution in [2.75, 3.05) is 0 Å². The first-order valence-electron chi connectivity index (χ1n) is 12.7. The molecule has 0 atom stereocenters. The molecule has 2 N–H and O–H groups in total. The summed E-state index contributed by atoms with van der Waals surface area (Å²) in [6.45, 7) is 2.04. The predicted molar refractivity (Wildman–Crippen MR) is 157 cm³/mol. The van der Waals surface area contributed by atoms with Gasteiger partial charge in [0.05, 0.1) is 11.1 Å². The van der Waals surface area contributed by atoms with Crippen molar-refractivity contribution < 1.29 is 60.8 Å². The van der Waals surface area contributed by atoms with Gasteiger partial charge in [-0.2, -0.15) is 61.4 Å². The Morgan fingerprint density at radius 1 is 0.535 bits per heavy atom. The molecule has 2 nitrogen and oxygen atoms in total. The van der Waals surface area contributed by atoms with Gasteiger partial charge in [0.25, 0.3) is 0 Å². The number of rotatable bonds is 0. The van der Waals surface area contributed by atoms with E-state index in [2.05, 4.69) is 88.6 Å². The van der Waals surface area contributed by atoms with E-state index in [1.54, 1.807) is 0 Å². The number of phenolic OH excluding ortho intramolecular Hbond substituents is 2. The predicted octanol–water partition coefficient (Wildman–Crippen LogP) is 10.3. The molecule has 6 aromatic rings. The molecule has 0 amide bonds. The summed E-state index contributed by atoms with van der Waals surface area (Å²) >= 11 is 1.51. The standard InChI is InChI=1S/2C9H7.2C7H5F3O.C2H4.Zr/c2*1-2-5-9-7-3-6-8(9)4-1;2*8-7(9,10)5-1-3-6(11)4-2-5;1-2;/h2*1-7H;2*1-4,11H;1H,2H3;/q2*-1;;;;+2. The molecule has 0 bridgehead atoms. The van der Waals surface area contributed by atoms with Gasteiger partial charge in [0, 0.05) is 0 Å². The van der Waals surface area contributed by atoms with E-state index in [0.29, 0.717) is 0 Å². The number of aromatic hydroxyl groups is 2. The normalized spacial score (nSPS) is 10.5. The van der Waals surface area contributed by atoms with Crippen LogP contribution in [0.5, 0.6) is 11.5 Å². The summed E-state index contributed by atoms with van der Waals surface area (Å²) in [5.41, 5.74) is -1.51. The van der Waals surface area contributed by atoms with Crippen LogP contribution in [-0.2, 0) is 36.6 Å². The largest absolute Gasteiger partial charge is 0.508 e. The van der Waals surface area contributed by atoms with Crippen LogP contribution in [-0.4, -0.2) is 13.9 Å². The van der Waals surface area contributed by atoms with E-state index in [0.717, 1.165) is 48.5 Å². The van der Waals surface area contributed by atoms with Gasteiger partial charge in [0.1, 0.15) is 11.5 Å². The zero-order valence-corrected chi connectivity index (χ0v) is 25.4. The van der Waals surface area contributed by atoms with Crippen LogP contribution in [0.15, 0.2) is 133 Å². The monoisotopic (exact) mass is 672 g/mol. The molecule has 6 rings (SSSR count). The molecule has 0 spiro atoms. The molecule has 0 aliphatic rings. The number of hydrogen-bond donors (Lipinski definition) is 2. The van der Waals surface area contributed by atoms with E-state index < -0.39 is 23.5 Å². The summed E-state index contributed by atoms with van der Waals surface area (Å²) < 4.78 is 73.1. The minimum absolute atomic E-state index is 0.169. The third kappa shape index (κ3) is 12.8. The number of phenols is 2. The molecule has 222 valence electrons. The third-order valence-electron chi connectivity index (χ3n) is 5.48. The van der Waals surface area contributed by atoms with E-state index in [4.69, 9.17) is 10.2 Å². The number of fused-ring (bicyclic) bond motifs is 2. The second kappa shape index (κ2) is 17.2. The van der Waals surface area contributed by atoms with Crippen LogP contribution < -0.4 is 0 Å². The summed E-state index contributed by atoms with van der Waals surface area (Å²) in [5.74, 6) is -0.337. The first kappa shape index (κ1) is 35.2. The van der Waals surface area contributed by atoms with Crippen molar-refractivity contribution in [1.82, 2.24) is 0 Å². The van der Waals surface area contributed by atoms with E-state index >= 15 is 0 Å². The topological polar surface area (TPSA) is 40.5 Å². The quantitative estimate of drug-likeness (QED) is 0.124. The number of alkyl halides is 6. The van der Waals surface area contributed by atoms with Crippen molar-refractivity contribution in [3.63, 3.8) is 0 Å². The molecule has 0 saturated heterocycles. The van der Waals surface area contributed by atoms with E-state index in [1.807, 2.05) is 6.92 Å². The van der Waals surface area contributed by atoms with Crippen molar-refractivity contribution in [2.45, 2.75) is 19.3 Å². The maximum Gasteiger partial charge on any atom is 0.416 e. The molecule has 6 aromatic carbocycles. The minimum Gasteiger partial charge on any atom is -0.508 e. The average molecular weight is 674 g/mol. The zero-order valence-electron chi connectivity index (χ0n) is 22.9. The second-order valence-electron chi connectivity index (χ2n) is 8.69. The van der Waals surface area contributed by atoms with E-state index in [9.17, 15) is 26.3 Å². The first-order chi connectivity index (χ1) is 20.3. The molecule has 0 aliphatic carbocycles. The van der Waals surface area contributed by atoms with Gasteiger partial charge in [-0.3, -0.25) is 0 Å². The summed E-state index contributed by atoms with van der Waals surface area (Å²) in [6.07, 6.45) is -8.65.